The van der Waals surface area contributed by atoms with Crippen LogP contribution in [0.2, 0.25) is 0 Å². The summed E-state index contributed by atoms with van der Waals surface area (Å²) >= 11 is 0. The Bertz CT molecular complexity index is 184. The van der Waals surface area contributed by atoms with Crippen molar-refractivity contribution in [1.29, 1.82) is 0 Å². The van der Waals surface area contributed by atoms with Gasteiger partial charge in [0, 0.05) is 19.3 Å². The van der Waals surface area contributed by atoms with Gasteiger partial charge in [-0.3, -0.25) is 0 Å². The Morgan fingerprint density at radius 2 is 2.00 bits per heavy atom. The normalized spacial score (nSPS) is 48.9. The zero-order valence-corrected chi connectivity index (χ0v) is 5.35. The summed E-state index contributed by atoms with van der Waals surface area (Å²) in [4.78, 5) is 10.1. The van der Waals surface area contributed by atoms with Crippen molar-refractivity contribution in [2.75, 3.05) is 0 Å². The lowest BCUT2D eigenvalue weighted by atomic mass is 9.47. The maximum atomic E-state index is 12.7. The molecule has 2 bridgehead atoms. The van der Waals surface area contributed by atoms with Crippen molar-refractivity contribution in [1.82, 2.24) is 5.32 Å². The number of nitrogens with one attached hydrogen (secondary N) is 1. The molecule has 0 saturated heterocycles. The highest BCUT2D eigenvalue weighted by Crippen LogP contribution is 2.62. The summed E-state index contributed by atoms with van der Waals surface area (Å²) in [6, 6.07) is 0. The average Bonchev–Trinajstić information content (AvgIpc) is 1.56. The van der Waals surface area contributed by atoms with E-state index < -0.39 is 11.8 Å². The van der Waals surface area contributed by atoms with E-state index in [1.54, 1.807) is 0 Å². The molecule has 1 amide bonds. The van der Waals surface area contributed by atoms with Crippen LogP contribution in [0, 0.1) is 0 Å². The zero-order valence-electron chi connectivity index (χ0n) is 5.35. The monoisotopic (exact) mass is 145 g/mol. The summed E-state index contributed by atoms with van der Waals surface area (Å²) in [7, 11) is 0. The van der Waals surface area contributed by atoms with Crippen molar-refractivity contribution in [3.63, 3.8) is 0 Å². The minimum atomic E-state index is -1.04. The fraction of sp³-hybridized carbons (Fsp3) is 0.833. The molecule has 4 heteroatoms. The van der Waals surface area contributed by atoms with Gasteiger partial charge in [-0.2, -0.15) is 0 Å². The van der Waals surface area contributed by atoms with Crippen molar-refractivity contribution in [2.24, 2.45) is 0 Å². The summed E-state index contributed by atoms with van der Waals surface area (Å²) in [5, 5.41) is 10.6. The van der Waals surface area contributed by atoms with Crippen LogP contribution in [0.5, 0.6) is 0 Å². The molecule has 3 fully saturated rings. The van der Waals surface area contributed by atoms with Gasteiger partial charge in [-0.25, -0.2) is 9.18 Å². The van der Waals surface area contributed by atoms with E-state index in [1.807, 2.05) is 0 Å². The van der Waals surface area contributed by atoms with Crippen molar-refractivity contribution < 1.29 is 14.3 Å². The van der Waals surface area contributed by atoms with Gasteiger partial charge in [0.25, 0.3) is 0 Å². The summed E-state index contributed by atoms with van der Waals surface area (Å²) in [6.07, 6.45) is 0.104. The van der Waals surface area contributed by atoms with Gasteiger partial charge in [-0.1, -0.05) is 0 Å². The molecule has 0 aromatic rings. The van der Waals surface area contributed by atoms with Crippen LogP contribution in [0.3, 0.4) is 0 Å². The maximum absolute atomic E-state index is 12.7. The number of rotatable bonds is 1. The number of carbonyl (C=O) groups is 1. The highest BCUT2D eigenvalue weighted by Gasteiger charge is 2.70. The van der Waals surface area contributed by atoms with Crippen LogP contribution in [-0.2, 0) is 0 Å². The van der Waals surface area contributed by atoms with Gasteiger partial charge in [0.05, 0.1) is 5.54 Å². The number of carboxylic acid groups (broad SMARTS) is 1. The van der Waals surface area contributed by atoms with Gasteiger partial charge >= 0.3 is 6.09 Å². The van der Waals surface area contributed by atoms with E-state index in [1.165, 1.54) is 0 Å². The molecule has 3 nitrogen and oxygen atoms in total. The quantitative estimate of drug-likeness (QED) is 0.575. The molecule has 3 saturated carbocycles. The number of hydrogen-bond donors (Lipinski definition) is 2. The minimum Gasteiger partial charge on any atom is -0.465 e. The Morgan fingerprint density at radius 1 is 1.50 bits per heavy atom. The Morgan fingerprint density at radius 3 is 2.30 bits per heavy atom. The van der Waals surface area contributed by atoms with E-state index in [4.69, 9.17) is 5.11 Å². The van der Waals surface area contributed by atoms with Gasteiger partial charge in [-0.15, -0.1) is 0 Å². The van der Waals surface area contributed by atoms with E-state index in [0.29, 0.717) is 19.3 Å². The van der Waals surface area contributed by atoms with E-state index in [9.17, 15) is 9.18 Å². The Labute approximate surface area is 57.2 Å². The molecule has 3 aliphatic rings. The molecule has 0 atom stereocenters. The number of halogens is 1. The van der Waals surface area contributed by atoms with Crippen LogP contribution in [0.1, 0.15) is 19.3 Å². The minimum absolute atomic E-state index is 0.374. The van der Waals surface area contributed by atoms with E-state index >= 15 is 0 Å². The maximum Gasteiger partial charge on any atom is 0.405 e. The third kappa shape index (κ3) is 0.562. The van der Waals surface area contributed by atoms with Crippen LogP contribution >= 0.6 is 0 Å². The van der Waals surface area contributed by atoms with Crippen molar-refractivity contribution >= 4 is 6.09 Å². The zero-order chi connectivity index (χ0) is 7.41. The molecular weight excluding hydrogens is 137 g/mol. The number of amides is 1. The molecule has 0 aromatic carbocycles. The Kier molecular flexibility index (Phi) is 0.763. The standard InChI is InChI=1S/C6H8FNO2/c7-5-1-6(2-5,3-5)8-4(9)10/h8H,1-3H2,(H,9,10). The van der Waals surface area contributed by atoms with Crippen LogP contribution in [-0.4, -0.2) is 22.4 Å². The van der Waals surface area contributed by atoms with Crippen molar-refractivity contribution in [2.45, 2.75) is 30.5 Å². The molecule has 2 N–H and O–H groups in total. The van der Waals surface area contributed by atoms with Gasteiger partial charge < -0.3 is 10.4 Å². The topological polar surface area (TPSA) is 49.3 Å². The fourth-order valence-corrected chi connectivity index (χ4v) is 2.02. The summed E-state index contributed by atoms with van der Waals surface area (Å²) in [5.41, 5.74) is -1.39. The van der Waals surface area contributed by atoms with Gasteiger partial charge in [0.1, 0.15) is 5.67 Å². The lowest BCUT2D eigenvalue weighted by Gasteiger charge is -2.65. The molecule has 0 heterocycles. The van der Waals surface area contributed by atoms with E-state index in [-0.39, 0.29) is 5.54 Å². The first kappa shape index (κ1) is 5.95. The molecule has 56 valence electrons. The first-order valence-corrected chi connectivity index (χ1v) is 3.24. The van der Waals surface area contributed by atoms with Crippen LogP contribution in [0.4, 0.5) is 9.18 Å². The predicted octanol–water partition coefficient (Wildman–Crippen LogP) is 0.899. The molecule has 0 aromatic heterocycles. The highest BCUT2D eigenvalue weighted by atomic mass is 19.1. The average molecular weight is 145 g/mol. The lowest BCUT2D eigenvalue weighted by Crippen LogP contribution is -2.76. The highest BCUT2D eigenvalue weighted by molar-refractivity contribution is 5.67. The SMILES string of the molecule is O=C(O)NC12CC(F)(C1)C2. The molecule has 10 heavy (non-hydrogen) atoms. The van der Waals surface area contributed by atoms with Gasteiger partial charge in [0.15, 0.2) is 0 Å². The van der Waals surface area contributed by atoms with E-state index in [0.717, 1.165) is 0 Å². The second-order valence-corrected chi connectivity index (χ2v) is 3.39. The third-order valence-corrected chi connectivity index (χ3v) is 2.34. The Balaban J connectivity index is 1.93. The van der Waals surface area contributed by atoms with Gasteiger partial charge in [-0.05, 0) is 0 Å². The van der Waals surface area contributed by atoms with Gasteiger partial charge in [0.2, 0.25) is 0 Å². The molecule has 0 unspecified atom stereocenters. The first-order chi connectivity index (χ1) is 4.54. The van der Waals surface area contributed by atoms with Crippen molar-refractivity contribution in [3.05, 3.63) is 0 Å². The van der Waals surface area contributed by atoms with Crippen molar-refractivity contribution in [3.8, 4) is 0 Å². The molecule has 0 radical (unpaired) electrons. The number of hydrogen-bond acceptors (Lipinski definition) is 1. The lowest BCUT2D eigenvalue weighted by molar-refractivity contribution is -0.163. The second kappa shape index (κ2) is 1.28. The molecule has 3 rings (SSSR count). The largest absolute Gasteiger partial charge is 0.465 e. The summed E-state index contributed by atoms with van der Waals surface area (Å²) < 4.78 is 12.7. The Hall–Kier alpha value is -0.800. The molecule has 3 aliphatic carbocycles. The predicted molar refractivity (Wildman–Crippen MR) is 31.6 cm³/mol. The third-order valence-electron chi connectivity index (χ3n) is 2.34. The van der Waals surface area contributed by atoms with Crippen LogP contribution in [0.25, 0.3) is 0 Å². The van der Waals surface area contributed by atoms with Crippen LogP contribution in [0.15, 0.2) is 0 Å². The number of alkyl halides is 1. The van der Waals surface area contributed by atoms with E-state index in [2.05, 4.69) is 5.32 Å². The first-order valence-electron chi connectivity index (χ1n) is 3.24. The summed E-state index contributed by atoms with van der Waals surface area (Å²) in [6.45, 7) is 0. The molecular formula is C6H8FNO2. The molecule has 0 spiro atoms. The fourth-order valence-electron chi connectivity index (χ4n) is 2.02. The second-order valence-electron chi connectivity index (χ2n) is 3.39. The smallest absolute Gasteiger partial charge is 0.405 e. The summed E-state index contributed by atoms with van der Waals surface area (Å²) in [5.74, 6) is 0. The molecule has 0 aliphatic heterocycles. The van der Waals surface area contributed by atoms with Crippen LogP contribution < -0.4 is 5.32 Å².